The van der Waals surface area contributed by atoms with Gasteiger partial charge in [-0.05, 0) is 54.5 Å². The summed E-state index contributed by atoms with van der Waals surface area (Å²) in [4.78, 5) is 14.0. The fourth-order valence-corrected chi connectivity index (χ4v) is 2.41. The molecule has 3 rings (SSSR count). The lowest BCUT2D eigenvalue weighted by atomic mass is 10.3. The molecule has 0 aliphatic carbocycles. The van der Waals surface area contributed by atoms with Crippen molar-refractivity contribution in [2.75, 3.05) is 13.1 Å². The van der Waals surface area contributed by atoms with Gasteiger partial charge in [0.1, 0.15) is 12.1 Å². The molecule has 110 valence electrons. The lowest BCUT2D eigenvalue weighted by Gasteiger charge is -2.21. The lowest BCUT2D eigenvalue weighted by molar-refractivity contribution is -0.136. The molecule has 1 amide bonds. The standard InChI is InChI=1S/C14H17N5O2/c1-11(14(20)18-8-2-3-9-18)21-13-6-4-12(5-7-13)19-10-15-16-17-19/h4-7,10-11H,2-3,8-9H2,1H3/t11-/m0/s1. The summed E-state index contributed by atoms with van der Waals surface area (Å²) in [5.41, 5.74) is 0.839. The summed E-state index contributed by atoms with van der Waals surface area (Å²) in [6, 6.07) is 7.31. The van der Waals surface area contributed by atoms with Crippen LogP contribution >= 0.6 is 0 Å². The Bertz CT molecular complexity index is 590. The van der Waals surface area contributed by atoms with Gasteiger partial charge in [0.2, 0.25) is 0 Å². The number of benzene rings is 1. The summed E-state index contributed by atoms with van der Waals surface area (Å²) in [5.74, 6) is 0.712. The van der Waals surface area contributed by atoms with Crippen LogP contribution in [0.5, 0.6) is 5.75 Å². The number of carbonyl (C=O) groups is 1. The first-order chi connectivity index (χ1) is 10.2. The van der Waals surface area contributed by atoms with Gasteiger partial charge in [-0.2, -0.15) is 0 Å². The Labute approximate surface area is 122 Å². The van der Waals surface area contributed by atoms with Gasteiger partial charge in [0.25, 0.3) is 5.91 Å². The van der Waals surface area contributed by atoms with Crippen molar-refractivity contribution < 1.29 is 9.53 Å². The third-order valence-corrected chi connectivity index (χ3v) is 3.53. The molecule has 21 heavy (non-hydrogen) atoms. The van der Waals surface area contributed by atoms with Crippen LogP contribution in [0.1, 0.15) is 19.8 Å². The molecule has 2 aromatic rings. The maximum Gasteiger partial charge on any atom is 0.263 e. The molecule has 1 fully saturated rings. The Morgan fingerprint density at radius 3 is 2.57 bits per heavy atom. The molecule has 0 radical (unpaired) electrons. The van der Waals surface area contributed by atoms with E-state index in [1.807, 2.05) is 29.2 Å². The monoisotopic (exact) mass is 287 g/mol. The number of hydrogen-bond donors (Lipinski definition) is 0. The van der Waals surface area contributed by atoms with E-state index in [2.05, 4.69) is 15.5 Å². The summed E-state index contributed by atoms with van der Waals surface area (Å²) in [6.07, 6.45) is 3.22. The number of ether oxygens (including phenoxy) is 1. The zero-order chi connectivity index (χ0) is 14.7. The molecular formula is C14H17N5O2. The SMILES string of the molecule is C[C@H](Oc1ccc(-n2cnnn2)cc1)C(=O)N1CCCC1. The van der Waals surface area contributed by atoms with Gasteiger partial charge in [-0.3, -0.25) is 4.79 Å². The van der Waals surface area contributed by atoms with E-state index in [9.17, 15) is 4.79 Å². The fourth-order valence-electron chi connectivity index (χ4n) is 2.41. The minimum absolute atomic E-state index is 0.0528. The first-order valence-corrected chi connectivity index (χ1v) is 7.03. The molecule has 1 aromatic carbocycles. The van der Waals surface area contributed by atoms with Crippen LogP contribution in [0, 0.1) is 0 Å². The van der Waals surface area contributed by atoms with E-state index in [0.29, 0.717) is 5.75 Å². The average Bonchev–Trinajstić information content (AvgIpc) is 3.20. The molecule has 0 N–H and O–H groups in total. The molecule has 1 aliphatic heterocycles. The molecular weight excluding hydrogens is 270 g/mol. The highest BCUT2D eigenvalue weighted by Gasteiger charge is 2.24. The summed E-state index contributed by atoms with van der Waals surface area (Å²) < 4.78 is 7.27. The minimum atomic E-state index is -0.470. The van der Waals surface area contributed by atoms with E-state index in [-0.39, 0.29) is 5.91 Å². The normalized spacial score (nSPS) is 16.0. The van der Waals surface area contributed by atoms with E-state index in [1.54, 1.807) is 11.6 Å². The average molecular weight is 287 g/mol. The van der Waals surface area contributed by atoms with E-state index in [1.165, 1.54) is 6.33 Å². The highest BCUT2D eigenvalue weighted by molar-refractivity contribution is 5.81. The molecule has 1 atom stereocenters. The van der Waals surface area contributed by atoms with E-state index in [4.69, 9.17) is 4.74 Å². The molecule has 1 saturated heterocycles. The van der Waals surface area contributed by atoms with Crippen LogP contribution in [0.3, 0.4) is 0 Å². The number of nitrogens with zero attached hydrogens (tertiary/aromatic N) is 5. The molecule has 0 bridgehead atoms. The molecule has 0 saturated carbocycles. The van der Waals surface area contributed by atoms with Crippen LogP contribution in [0.2, 0.25) is 0 Å². The maximum absolute atomic E-state index is 12.2. The predicted octanol–water partition coefficient (Wildman–Crippen LogP) is 1.05. The quantitative estimate of drug-likeness (QED) is 0.840. The zero-order valence-electron chi connectivity index (χ0n) is 11.8. The van der Waals surface area contributed by atoms with Gasteiger partial charge < -0.3 is 9.64 Å². The van der Waals surface area contributed by atoms with Crippen LogP contribution in [0.25, 0.3) is 5.69 Å². The number of tetrazole rings is 1. The fraction of sp³-hybridized carbons (Fsp3) is 0.429. The van der Waals surface area contributed by atoms with Crippen molar-refractivity contribution in [1.29, 1.82) is 0 Å². The van der Waals surface area contributed by atoms with Gasteiger partial charge in [-0.25, -0.2) is 4.68 Å². The summed E-state index contributed by atoms with van der Waals surface area (Å²) >= 11 is 0. The summed E-state index contributed by atoms with van der Waals surface area (Å²) in [7, 11) is 0. The first kappa shape index (κ1) is 13.5. The van der Waals surface area contributed by atoms with Crippen LogP contribution in [0.4, 0.5) is 0 Å². The van der Waals surface area contributed by atoms with Gasteiger partial charge in [0.15, 0.2) is 6.10 Å². The highest BCUT2D eigenvalue weighted by Crippen LogP contribution is 2.17. The number of aromatic nitrogens is 4. The van der Waals surface area contributed by atoms with Gasteiger partial charge in [-0.15, -0.1) is 5.10 Å². The Morgan fingerprint density at radius 2 is 1.95 bits per heavy atom. The van der Waals surface area contributed by atoms with E-state index >= 15 is 0 Å². The Hall–Kier alpha value is -2.44. The second-order valence-corrected chi connectivity index (χ2v) is 5.04. The van der Waals surface area contributed by atoms with Crippen molar-refractivity contribution in [3.8, 4) is 11.4 Å². The predicted molar refractivity (Wildman–Crippen MR) is 75.1 cm³/mol. The first-order valence-electron chi connectivity index (χ1n) is 7.03. The molecule has 7 heteroatoms. The van der Waals surface area contributed by atoms with E-state index < -0.39 is 6.10 Å². The number of amides is 1. The zero-order valence-corrected chi connectivity index (χ0v) is 11.8. The van der Waals surface area contributed by atoms with E-state index in [0.717, 1.165) is 31.6 Å². The van der Waals surface area contributed by atoms with Crippen molar-refractivity contribution in [2.24, 2.45) is 0 Å². The molecule has 0 spiro atoms. The van der Waals surface area contributed by atoms with Crippen LogP contribution in [-0.2, 0) is 4.79 Å². The third-order valence-electron chi connectivity index (χ3n) is 3.53. The van der Waals surface area contributed by atoms with Gasteiger partial charge in [0.05, 0.1) is 5.69 Å². The second-order valence-electron chi connectivity index (χ2n) is 5.04. The Kier molecular flexibility index (Phi) is 3.81. The van der Waals surface area contributed by atoms with Crippen molar-refractivity contribution in [1.82, 2.24) is 25.1 Å². The summed E-state index contributed by atoms with van der Waals surface area (Å²) in [6.45, 7) is 3.46. The van der Waals surface area contributed by atoms with Crippen molar-refractivity contribution in [3.63, 3.8) is 0 Å². The molecule has 0 unspecified atom stereocenters. The highest BCUT2D eigenvalue weighted by atomic mass is 16.5. The topological polar surface area (TPSA) is 73.1 Å². The van der Waals surface area contributed by atoms with Crippen molar-refractivity contribution >= 4 is 5.91 Å². The smallest absolute Gasteiger partial charge is 0.263 e. The minimum Gasteiger partial charge on any atom is -0.481 e. The number of rotatable bonds is 4. The van der Waals surface area contributed by atoms with Gasteiger partial charge in [-0.1, -0.05) is 0 Å². The van der Waals surface area contributed by atoms with Crippen molar-refractivity contribution in [3.05, 3.63) is 30.6 Å². The molecule has 1 aromatic heterocycles. The number of hydrogen-bond acceptors (Lipinski definition) is 5. The molecule has 7 nitrogen and oxygen atoms in total. The Morgan fingerprint density at radius 1 is 1.24 bits per heavy atom. The third kappa shape index (κ3) is 3.01. The summed E-state index contributed by atoms with van der Waals surface area (Å²) in [5, 5.41) is 11.0. The van der Waals surface area contributed by atoms with Crippen LogP contribution < -0.4 is 4.74 Å². The largest absolute Gasteiger partial charge is 0.481 e. The Balaban J connectivity index is 1.63. The second kappa shape index (κ2) is 5.90. The number of likely N-dealkylation sites (tertiary alicyclic amines) is 1. The molecule has 1 aliphatic rings. The van der Waals surface area contributed by atoms with Crippen LogP contribution in [-0.4, -0.2) is 50.2 Å². The van der Waals surface area contributed by atoms with Gasteiger partial charge >= 0.3 is 0 Å². The maximum atomic E-state index is 12.2. The molecule has 2 heterocycles. The van der Waals surface area contributed by atoms with Crippen LogP contribution in [0.15, 0.2) is 30.6 Å². The van der Waals surface area contributed by atoms with Gasteiger partial charge in [0, 0.05) is 13.1 Å². The number of carbonyl (C=O) groups excluding carboxylic acids is 1. The van der Waals surface area contributed by atoms with Crippen molar-refractivity contribution in [2.45, 2.75) is 25.9 Å². The lowest BCUT2D eigenvalue weighted by Crippen LogP contribution is -2.38.